The van der Waals surface area contributed by atoms with Crippen molar-refractivity contribution in [3.05, 3.63) is 89.7 Å². The molecule has 0 aliphatic heterocycles. The average molecular weight is 497 g/mol. The van der Waals surface area contributed by atoms with Gasteiger partial charge in [0.2, 0.25) is 5.91 Å². The Kier molecular flexibility index (Phi) is 7.93. The first-order valence-electron chi connectivity index (χ1n) is 10.1. The normalized spacial score (nSPS) is 10.7. The lowest BCUT2D eigenvalue weighted by molar-refractivity contribution is -0.113. The molecule has 0 saturated heterocycles. The second-order valence-corrected chi connectivity index (χ2v) is 9.26. The molecule has 6 nitrogen and oxygen atoms in total. The third-order valence-corrected chi connectivity index (χ3v) is 6.83. The molecule has 0 spiro atoms. The maximum Gasteiger partial charge on any atom is 0.234 e. The third-order valence-electron chi connectivity index (χ3n) is 4.59. The molecule has 4 aromatic rings. The van der Waals surface area contributed by atoms with E-state index in [1.54, 1.807) is 37.1 Å². The van der Waals surface area contributed by atoms with Crippen molar-refractivity contribution in [1.29, 1.82) is 0 Å². The lowest BCUT2D eigenvalue weighted by Gasteiger charge is -2.11. The molecule has 0 saturated carbocycles. The summed E-state index contributed by atoms with van der Waals surface area (Å²) in [4.78, 5) is 13.7. The van der Waals surface area contributed by atoms with Gasteiger partial charge in [0.15, 0.2) is 5.16 Å². The highest BCUT2D eigenvalue weighted by atomic mass is 35.5. The van der Waals surface area contributed by atoms with Crippen molar-refractivity contribution in [1.82, 2.24) is 14.8 Å². The van der Waals surface area contributed by atoms with Gasteiger partial charge in [-0.05, 0) is 42.5 Å². The lowest BCUT2D eigenvalue weighted by atomic mass is 10.3. The molecule has 1 N–H and O–H groups in total. The number of nitrogens with one attached hydrogen (secondary N) is 1. The van der Waals surface area contributed by atoms with Crippen molar-refractivity contribution >= 4 is 46.7 Å². The summed E-state index contributed by atoms with van der Waals surface area (Å²) in [6.07, 6.45) is 0. The number of nitrogens with zero attached hydrogens (tertiary/aromatic N) is 3. The van der Waals surface area contributed by atoms with E-state index in [0.29, 0.717) is 27.4 Å². The molecule has 3 aromatic carbocycles. The van der Waals surface area contributed by atoms with Crippen LogP contribution >= 0.6 is 35.1 Å². The summed E-state index contributed by atoms with van der Waals surface area (Å²) >= 11 is 9.17. The van der Waals surface area contributed by atoms with Gasteiger partial charge in [0.05, 0.1) is 23.6 Å². The summed E-state index contributed by atoms with van der Waals surface area (Å²) < 4.78 is 7.15. The minimum Gasteiger partial charge on any atom is -0.495 e. The molecule has 0 unspecified atom stereocenters. The van der Waals surface area contributed by atoms with E-state index in [2.05, 4.69) is 27.6 Å². The Hall–Kier alpha value is -2.94. The highest BCUT2D eigenvalue weighted by Gasteiger charge is 2.16. The van der Waals surface area contributed by atoms with Gasteiger partial charge in [-0.2, -0.15) is 0 Å². The fourth-order valence-corrected chi connectivity index (χ4v) is 4.92. The van der Waals surface area contributed by atoms with Gasteiger partial charge >= 0.3 is 0 Å². The molecule has 0 radical (unpaired) electrons. The van der Waals surface area contributed by atoms with Crippen LogP contribution in [-0.2, 0) is 10.5 Å². The van der Waals surface area contributed by atoms with E-state index in [-0.39, 0.29) is 11.7 Å². The number of anilines is 1. The van der Waals surface area contributed by atoms with Crippen molar-refractivity contribution in [3.63, 3.8) is 0 Å². The molecule has 4 rings (SSSR count). The zero-order valence-electron chi connectivity index (χ0n) is 17.8. The van der Waals surface area contributed by atoms with Crippen LogP contribution < -0.4 is 10.1 Å². The number of hydrogen-bond acceptors (Lipinski definition) is 6. The Morgan fingerprint density at radius 3 is 2.42 bits per heavy atom. The SMILES string of the molecule is COc1ccc(NC(=O)CSc2nnc(CSc3ccccc3)n2-c2ccccc2)cc1Cl. The maximum atomic E-state index is 12.5. The molecule has 33 heavy (non-hydrogen) atoms. The monoisotopic (exact) mass is 496 g/mol. The number of carbonyl (C=O) groups excluding carboxylic acids is 1. The highest BCUT2D eigenvalue weighted by Crippen LogP contribution is 2.29. The average Bonchev–Trinajstić information content (AvgIpc) is 3.25. The van der Waals surface area contributed by atoms with Gasteiger partial charge < -0.3 is 10.1 Å². The smallest absolute Gasteiger partial charge is 0.234 e. The second-order valence-electron chi connectivity index (χ2n) is 6.86. The molecule has 0 bridgehead atoms. The summed E-state index contributed by atoms with van der Waals surface area (Å²) in [5, 5.41) is 12.7. The number of amides is 1. The van der Waals surface area contributed by atoms with Crippen molar-refractivity contribution < 1.29 is 9.53 Å². The lowest BCUT2D eigenvalue weighted by Crippen LogP contribution is -2.14. The summed E-state index contributed by atoms with van der Waals surface area (Å²) in [7, 11) is 1.55. The fourth-order valence-electron chi connectivity index (χ4n) is 3.06. The predicted octanol–water partition coefficient (Wildman–Crippen LogP) is 5.95. The van der Waals surface area contributed by atoms with Gasteiger partial charge in [-0.1, -0.05) is 59.8 Å². The molecule has 1 heterocycles. The van der Waals surface area contributed by atoms with Crippen molar-refractivity contribution in [2.45, 2.75) is 15.8 Å². The van der Waals surface area contributed by atoms with E-state index in [1.807, 2.05) is 53.1 Å². The van der Waals surface area contributed by atoms with Crippen molar-refractivity contribution in [3.8, 4) is 11.4 Å². The predicted molar refractivity (Wildman–Crippen MR) is 135 cm³/mol. The number of benzene rings is 3. The molecule has 0 fully saturated rings. The second kappa shape index (κ2) is 11.3. The van der Waals surface area contributed by atoms with Crippen LogP contribution in [0, 0.1) is 0 Å². The van der Waals surface area contributed by atoms with E-state index < -0.39 is 0 Å². The number of ether oxygens (including phenoxy) is 1. The van der Waals surface area contributed by atoms with Gasteiger partial charge in [0, 0.05) is 16.3 Å². The van der Waals surface area contributed by atoms with Gasteiger partial charge in [-0.3, -0.25) is 9.36 Å². The Bertz CT molecular complexity index is 1220. The number of hydrogen-bond donors (Lipinski definition) is 1. The van der Waals surface area contributed by atoms with Crippen LogP contribution in [0.4, 0.5) is 5.69 Å². The van der Waals surface area contributed by atoms with Gasteiger partial charge in [0.25, 0.3) is 0 Å². The van der Waals surface area contributed by atoms with Crippen LogP contribution in [-0.4, -0.2) is 33.5 Å². The van der Waals surface area contributed by atoms with E-state index >= 15 is 0 Å². The topological polar surface area (TPSA) is 69.0 Å². The van der Waals surface area contributed by atoms with Crippen LogP contribution in [0.2, 0.25) is 5.02 Å². The molecule has 9 heteroatoms. The van der Waals surface area contributed by atoms with E-state index in [1.165, 1.54) is 11.8 Å². The Morgan fingerprint density at radius 1 is 1.00 bits per heavy atom. The largest absolute Gasteiger partial charge is 0.495 e. The molecular formula is C24H21ClN4O2S2. The van der Waals surface area contributed by atoms with Crippen molar-refractivity contribution in [2.75, 3.05) is 18.2 Å². The quantitative estimate of drug-likeness (QED) is 0.289. The van der Waals surface area contributed by atoms with Crippen LogP contribution in [0.25, 0.3) is 5.69 Å². The zero-order valence-corrected chi connectivity index (χ0v) is 20.2. The number of thioether (sulfide) groups is 2. The number of para-hydroxylation sites is 1. The maximum absolute atomic E-state index is 12.5. The number of halogens is 1. The van der Waals surface area contributed by atoms with E-state index in [9.17, 15) is 4.79 Å². The number of methoxy groups -OCH3 is 1. The minimum absolute atomic E-state index is 0.163. The van der Waals surface area contributed by atoms with Gasteiger partial charge in [-0.25, -0.2) is 0 Å². The summed E-state index contributed by atoms with van der Waals surface area (Å²) in [6, 6.07) is 25.2. The molecule has 1 aromatic heterocycles. The molecule has 1 amide bonds. The van der Waals surface area contributed by atoms with Crippen LogP contribution in [0.15, 0.2) is 88.9 Å². The van der Waals surface area contributed by atoms with E-state index in [4.69, 9.17) is 16.3 Å². The Morgan fingerprint density at radius 2 is 1.73 bits per heavy atom. The Balaban J connectivity index is 1.47. The summed E-state index contributed by atoms with van der Waals surface area (Å²) in [6.45, 7) is 0. The van der Waals surface area contributed by atoms with Crippen LogP contribution in [0.1, 0.15) is 5.82 Å². The minimum atomic E-state index is -0.163. The zero-order chi connectivity index (χ0) is 23.0. The summed E-state index contributed by atoms with van der Waals surface area (Å²) in [5.74, 6) is 2.05. The molecule has 0 atom stereocenters. The van der Waals surface area contributed by atoms with Crippen LogP contribution in [0.3, 0.4) is 0 Å². The Labute approximate surface area is 205 Å². The first kappa shape index (κ1) is 23.2. The highest BCUT2D eigenvalue weighted by molar-refractivity contribution is 7.99. The number of rotatable bonds is 9. The standard InChI is InChI=1S/C24H21ClN4O2S2/c1-31-21-13-12-17(14-20(21)25)26-23(30)16-33-24-28-27-22(15-32-19-10-6-3-7-11-19)29(24)18-8-4-2-5-9-18/h2-14H,15-16H2,1H3,(H,26,30). The summed E-state index contributed by atoms with van der Waals surface area (Å²) in [5.41, 5.74) is 1.56. The van der Waals surface area contributed by atoms with Crippen molar-refractivity contribution in [2.24, 2.45) is 0 Å². The van der Waals surface area contributed by atoms with Gasteiger partial charge in [-0.15, -0.1) is 22.0 Å². The molecule has 168 valence electrons. The molecule has 0 aliphatic carbocycles. The molecule has 0 aliphatic rings. The number of aromatic nitrogens is 3. The number of carbonyl (C=O) groups is 1. The first-order valence-corrected chi connectivity index (χ1v) is 12.4. The van der Waals surface area contributed by atoms with Crippen LogP contribution in [0.5, 0.6) is 5.75 Å². The fraction of sp³-hybridized carbons (Fsp3) is 0.125. The third kappa shape index (κ3) is 6.10. The first-order chi connectivity index (χ1) is 16.1. The molecular weight excluding hydrogens is 476 g/mol. The van der Waals surface area contributed by atoms with Gasteiger partial charge in [0.1, 0.15) is 11.6 Å². The van der Waals surface area contributed by atoms with E-state index in [0.717, 1.165) is 16.4 Å².